The van der Waals surface area contributed by atoms with Crippen molar-refractivity contribution in [2.75, 3.05) is 44.7 Å². The first-order chi connectivity index (χ1) is 21.9. The number of aromatic amines is 1. The van der Waals surface area contributed by atoms with E-state index < -0.39 is 4.92 Å². The summed E-state index contributed by atoms with van der Waals surface area (Å²) in [6.45, 7) is 4.78. The number of aromatic hydroxyl groups is 1. The Labute approximate surface area is 261 Å². The highest BCUT2D eigenvalue weighted by Crippen LogP contribution is 2.34. The van der Waals surface area contributed by atoms with Crippen molar-refractivity contribution in [3.05, 3.63) is 130 Å². The first-order valence-corrected chi connectivity index (χ1v) is 14.8. The standard InChI is InChI=1S/C35H34N6O4/c1-38(32(42)24-40-20-18-39(19-21-40)23-25-8-4-2-5-9-25)28-14-12-27(13-15-28)36-34(26-10-6-3-7-11-26)33-30-22-29(41(44)45)16-17-31(30)37-35(33)43/h2-17,22,37,43H,18-21,23-24H2,1H3. The lowest BCUT2D eigenvalue weighted by molar-refractivity contribution is -0.384. The third kappa shape index (κ3) is 6.77. The van der Waals surface area contributed by atoms with Gasteiger partial charge in [0.15, 0.2) is 5.88 Å². The molecule has 1 aromatic heterocycles. The Bertz CT molecular complexity index is 1830. The predicted molar refractivity (Wildman–Crippen MR) is 176 cm³/mol. The zero-order chi connectivity index (χ0) is 31.3. The summed E-state index contributed by atoms with van der Waals surface area (Å²) >= 11 is 0. The molecule has 45 heavy (non-hydrogen) atoms. The summed E-state index contributed by atoms with van der Waals surface area (Å²) in [5, 5.41) is 22.9. The smallest absolute Gasteiger partial charge is 0.270 e. The number of aliphatic imine (C=N–C) groups is 1. The number of nitrogens with zero attached hydrogens (tertiary/aromatic N) is 5. The second-order valence-corrected chi connectivity index (χ2v) is 11.2. The second kappa shape index (κ2) is 13.1. The second-order valence-electron chi connectivity index (χ2n) is 11.2. The molecule has 228 valence electrons. The van der Waals surface area contributed by atoms with Gasteiger partial charge in [-0.1, -0.05) is 60.7 Å². The number of anilines is 1. The molecule has 0 radical (unpaired) electrons. The zero-order valence-corrected chi connectivity index (χ0v) is 25.0. The molecule has 10 heteroatoms. The maximum atomic E-state index is 13.2. The van der Waals surface area contributed by atoms with Crippen molar-refractivity contribution < 1.29 is 14.8 Å². The highest BCUT2D eigenvalue weighted by atomic mass is 16.6. The van der Waals surface area contributed by atoms with Crippen LogP contribution in [0.15, 0.2) is 108 Å². The van der Waals surface area contributed by atoms with Gasteiger partial charge in [0.1, 0.15) is 0 Å². The van der Waals surface area contributed by atoms with Crippen LogP contribution in [0.25, 0.3) is 10.9 Å². The van der Waals surface area contributed by atoms with Crippen LogP contribution in [0.4, 0.5) is 17.1 Å². The van der Waals surface area contributed by atoms with Crippen LogP contribution in [0.2, 0.25) is 0 Å². The van der Waals surface area contributed by atoms with E-state index in [0.29, 0.717) is 34.4 Å². The minimum absolute atomic E-state index is 0.0121. The van der Waals surface area contributed by atoms with Gasteiger partial charge in [-0.15, -0.1) is 0 Å². The zero-order valence-electron chi connectivity index (χ0n) is 25.0. The Kier molecular flexibility index (Phi) is 8.68. The fourth-order valence-corrected chi connectivity index (χ4v) is 5.65. The largest absolute Gasteiger partial charge is 0.494 e. The molecule has 6 rings (SSSR count). The van der Waals surface area contributed by atoms with Crippen LogP contribution in [0.3, 0.4) is 0 Å². The van der Waals surface area contributed by atoms with Crippen LogP contribution in [0.5, 0.6) is 5.88 Å². The summed E-state index contributed by atoms with van der Waals surface area (Å²) in [4.78, 5) is 38.3. The monoisotopic (exact) mass is 602 g/mol. The minimum atomic E-state index is -0.463. The SMILES string of the molecule is CN(C(=O)CN1CCN(Cc2ccccc2)CC1)c1ccc(N=C(c2ccccc2)c2c(O)[nH]c3ccc([N+](=O)[O-])cc23)cc1. The Hall–Kier alpha value is -5.32. The van der Waals surface area contributed by atoms with Gasteiger partial charge in [-0.05, 0) is 35.9 Å². The van der Waals surface area contributed by atoms with Crippen molar-refractivity contribution in [3.8, 4) is 5.88 Å². The molecule has 1 aliphatic rings. The van der Waals surface area contributed by atoms with Crippen LogP contribution >= 0.6 is 0 Å². The summed E-state index contributed by atoms with van der Waals surface area (Å²) in [5.41, 5.74) is 4.70. The summed E-state index contributed by atoms with van der Waals surface area (Å²) in [7, 11) is 1.78. The van der Waals surface area contributed by atoms with Gasteiger partial charge >= 0.3 is 0 Å². The van der Waals surface area contributed by atoms with E-state index in [1.54, 1.807) is 18.0 Å². The normalized spacial score (nSPS) is 14.5. The fraction of sp³-hybridized carbons (Fsp3) is 0.200. The van der Waals surface area contributed by atoms with Gasteiger partial charge in [0, 0.05) is 74.1 Å². The van der Waals surface area contributed by atoms with Crippen molar-refractivity contribution >= 4 is 39.6 Å². The summed E-state index contributed by atoms with van der Waals surface area (Å²) in [5.74, 6) is -0.117. The molecule has 0 atom stereocenters. The molecule has 0 aliphatic carbocycles. The number of piperazine rings is 1. The number of likely N-dealkylation sites (N-methyl/N-ethyl adjacent to an activating group) is 1. The molecule has 0 bridgehead atoms. The number of nitrogens with one attached hydrogen (secondary N) is 1. The van der Waals surface area contributed by atoms with Gasteiger partial charge in [-0.2, -0.15) is 0 Å². The summed E-state index contributed by atoms with van der Waals surface area (Å²) in [6.07, 6.45) is 0. The average molecular weight is 603 g/mol. The fourth-order valence-electron chi connectivity index (χ4n) is 5.65. The number of hydrogen-bond acceptors (Lipinski definition) is 7. The van der Waals surface area contributed by atoms with Crippen molar-refractivity contribution in [2.24, 2.45) is 4.99 Å². The Morgan fingerprint density at radius 3 is 2.22 bits per heavy atom. The molecule has 1 saturated heterocycles. The highest BCUT2D eigenvalue weighted by molar-refractivity contribution is 6.22. The molecular weight excluding hydrogens is 568 g/mol. The van der Waals surface area contributed by atoms with Crippen molar-refractivity contribution in [2.45, 2.75) is 6.54 Å². The number of non-ortho nitro benzene ring substituents is 1. The van der Waals surface area contributed by atoms with E-state index in [2.05, 4.69) is 39.0 Å². The number of aromatic nitrogens is 1. The number of fused-ring (bicyclic) bond motifs is 1. The first-order valence-electron chi connectivity index (χ1n) is 14.8. The number of carbonyl (C=O) groups excluding carboxylic acids is 1. The number of carbonyl (C=O) groups is 1. The van der Waals surface area contributed by atoms with E-state index in [1.165, 1.54) is 17.7 Å². The molecule has 0 unspecified atom stereocenters. The van der Waals surface area contributed by atoms with Gasteiger partial charge < -0.3 is 15.0 Å². The molecule has 4 aromatic carbocycles. The van der Waals surface area contributed by atoms with Crippen LogP contribution < -0.4 is 4.90 Å². The molecule has 1 amide bonds. The Balaban J connectivity index is 1.18. The van der Waals surface area contributed by atoms with Crippen LogP contribution in [0, 0.1) is 10.1 Å². The lowest BCUT2D eigenvalue weighted by Crippen LogP contribution is -2.49. The summed E-state index contributed by atoms with van der Waals surface area (Å²) in [6, 6.07) is 31.5. The van der Waals surface area contributed by atoms with Crippen LogP contribution in [0.1, 0.15) is 16.7 Å². The number of nitro benzene ring substituents is 1. The Morgan fingerprint density at radius 2 is 1.56 bits per heavy atom. The lowest BCUT2D eigenvalue weighted by atomic mass is 10.0. The maximum absolute atomic E-state index is 13.2. The predicted octanol–water partition coefficient (Wildman–Crippen LogP) is 5.73. The van der Waals surface area contributed by atoms with Crippen LogP contribution in [-0.2, 0) is 11.3 Å². The van der Waals surface area contributed by atoms with Crippen molar-refractivity contribution in [1.29, 1.82) is 0 Å². The van der Waals surface area contributed by atoms with E-state index in [0.717, 1.165) is 44.0 Å². The van der Waals surface area contributed by atoms with Gasteiger partial charge in [-0.25, -0.2) is 4.99 Å². The van der Waals surface area contributed by atoms with Gasteiger partial charge in [-0.3, -0.25) is 24.7 Å². The summed E-state index contributed by atoms with van der Waals surface area (Å²) < 4.78 is 0. The molecule has 0 saturated carbocycles. The maximum Gasteiger partial charge on any atom is 0.270 e. The number of benzene rings is 4. The third-order valence-electron chi connectivity index (χ3n) is 8.18. The molecule has 2 heterocycles. The van der Waals surface area contributed by atoms with E-state index >= 15 is 0 Å². The van der Waals surface area contributed by atoms with Gasteiger partial charge in [0.05, 0.1) is 28.4 Å². The highest BCUT2D eigenvalue weighted by Gasteiger charge is 2.23. The van der Waals surface area contributed by atoms with E-state index in [9.17, 15) is 20.0 Å². The average Bonchev–Trinajstić information content (AvgIpc) is 3.40. The molecule has 1 aliphatic heterocycles. The van der Waals surface area contributed by atoms with E-state index in [4.69, 9.17) is 4.99 Å². The van der Waals surface area contributed by atoms with E-state index in [-0.39, 0.29) is 17.5 Å². The van der Waals surface area contributed by atoms with Gasteiger partial charge in [0.25, 0.3) is 5.69 Å². The number of nitro groups is 1. The molecule has 0 spiro atoms. The number of hydrogen-bond donors (Lipinski definition) is 2. The molecule has 5 aromatic rings. The number of H-pyrrole nitrogens is 1. The third-order valence-corrected chi connectivity index (χ3v) is 8.18. The lowest BCUT2D eigenvalue weighted by Gasteiger charge is -2.35. The minimum Gasteiger partial charge on any atom is -0.494 e. The molecule has 1 fully saturated rings. The van der Waals surface area contributed by atoms with Crippen molar-refractivity contribution in [1.82, 2.24) is 14.8 Å². The molecule has 2 N–H and O–H groups in total. The topological polar surface area (TPSA) is 118 Å². The number of amides is 1. The van der Waals surface area contributed by atoms with Gasteiger partial charge in [0.2, 0.25) is 5.91 Å². The first kappa shape index (κ1) is 29.7. The molecular formula is C35H34N6O4. The molecule has 10 nitrogen and oxygen atoms in total. The van der Waals surface area contributed by atoms with Crippen molar-refractivity contribution in [3.63, 3.8) is 0 Å². The number of rotatable bonds is 9. The quantitative estimate of drug-likeness (QED) is 0.126. The Morgan fingerprint density at radius 1 is 0.911 bits per heavy atom. The van der Waals surface area contributed by atoms with Crippen LogP contribution in [-0.4, -0.2) is 76.2 Å². The van der Waals surface area contributed by atoms with E-state index in [1.807, 2.05) is 60.7 Å².